The highest BCUT2D eigenvalue weighted by molar-refractivity contribution is 7.99. The number of amides is 1. The van der Waals surface area contributed by atoms with Crippen molar-refractivity contribution < 1.29 is 4.79 Å². The largest absolute Gasteiger partial charge is 0.353 e. The van der Waals surface area contributed by atoms with Crippen LogP contribution in [0.2, 0.25) is 0 Å². The van der Waals surface area contributed by atoms with Gasteiger partial charge >= 0.3 is 0 Å². The molecule has 3 rings (SSSR count). The number of carbonyl (C=O) groups excluding carboxylic acids is 1. The molecule has 6 heteroatoms. The van der Waals surface area contributed by atoms with Gasteiger partial charge in [-0.2, -0.15) is 0 Å². The standard InChI is InChI=1S/C15H24N4OS/c1-9(2)10(3)16-13(20)8-21-15-18-17-14(11-4-5-11)19(15)12-6-7-12/h9-12H,4-8H2,1-3H3,(H,16,20). The van der Waals surface area contributed by atoms with Gasteiger partial charge in [0.25, 0.3) is 0 Å². The van der Waals surface area contributed by atoms with Crippen LogP contribution in [0.3, 0.4) is 0 Å². The van der Waals surface area contributed by atoms with E-state index in [9.17, 15) is 4.79 Å². The first-order chi connectivity index (χ1) is 10.1. The predicted octanol–water partition coefficient (Wildman–Crippen LogP) is 2.74. The fraction of sp³-hybridized carbons (Fsp3) is 0.800. The molecule has 2 fully saturated rings. The zero-order valence-corrected chi connectivity index (χ0v) is 13.8. The van der Waals surface area contributed by atoms with Crippen molar-refractivity contribution in [1.29, 1.82) is 0 Å². The van der Waals surface area contributed by atoms with E-state index in [4.69, 9.17) is 0 Å². The van der Waals surface area contributed by atoms with Crippen LogP contribution in [-0.4, -0.2) is 32.5 Å². The van der Waals surface area contributed by atoms with Crippen LogP contribution in [0, 0.1) is 5.92 Å². The highest BCUT2D eigenvalue weighted by Gasteiger charge is 2.36. The highest BCUT2D eigenvalue weighted by Crippen LogP contribution is 2.45. The van der Waals surface area contributed by atoms with E-state index in [2.05, 4.69) is 33.9 Å². The van der Waals surface area contributed by atoms with Crippen LogP contribution in [0.15, 0.2) is 5.16 Å². The summed E-state index contributed by atoms with van der Waals surface area (Å²) in [5, 5.41) is 12.6. The second kappa shape index (κ2) is 5.99. The van der Waals surface area contributed by atoms with Gasteiger partial charge in [0.05, 0.1) is 5.75 Å². The lowest BCUT2D eigenvalue weighted by atomic mass is 10.1. The molecule has 2 aliphatic rings. The summed E-state index contributed by atoms with van der Waals surface area (Å²) in [5.41, 5.74) is 0. The summed E-state index contributed by atoms with van der Waals surface area (Å²) in [6.07, 6.45) is 4.92. The van der Waals surface area contributed by atoms with Crippen LogP contribution in [-0.2, 0) is 4.79 Å². The quantitative estimate of drug-likeness (QED) is 0.787. The van der Waals surface area contributed by atoms with Crippen molar-refractivity contribution in [1.82, 2.24) is 20.1 Å². The van der Waals surface area contributed by atoms with Gasteiger partial charge in [-0.1, -0.05) is 25.6 Å². The molecule has 1 unspecified atom stereocenters. The van der Waals surface area contributed by atoms with E-state index < -0.39 is 0 Å². The van der Waals surface area contributed by atoms with E-state index in [1.807, 2.05) is 6.92 Å². The number of thioether (sulfide) groups is 1. The minimum Gasteiger partial charge on any atom is -0.353 e. The number of nitrogens with zero attached hydrogens (tertiary/aromatic N) is 3. The Balaban J connectivity index is 1.59. The third-order valence-electron chi connectivity index (χ3n) is 4.27. The third kappa shape index (κ3) is 3.59. The van der Waals surface area contributed by atoms with Gasteiger partial charge in [0, 0.05) is 18.0 Å². The van der Waals surface area contributed by atoms with Crippen LogP contribution < -0.4 is 5.32 Å². The Morgan fingerprint density at radius 1 is 1.29 bits per heavy atom. The smallest absolute Gasteiger partial charge is 0.230 e. The fourth-order valence-corrected chi connectivity index (χ4v) is 3.10. The minimum absolute atomic E-state index is 0.0829. The molecule has 1 heterocycles. The van der Waals surface area contributed by atoms with E-state index in [0.29, 0.717) is 23.6 Å². The summed E-state index contributed by atoms with van der Waals surface area (Å²) in [7, 11) is 0. The summed E-state index contributed by atoms with van der Waals surface area (Å²) in [6, 6.07) is 0.789. The zero-order chi connectivity index (χ0) is 15.0. The minimum atomic E-state index is 0.0829. The lowest BCUT2D eigenvalue weighted by Crippen LogP contribution is -2.37. The average molecular weight is 308 g/mol. The summed E-state index contributed by atoms with van der Waals surface area (Å²) in [6.45, 7) is 6.28. The van der Waals surface area contributed by atoms with Crippen LogP contribution in [0.25, 0.3) is 0 Å². The van der Waals surface area contributed by atoms with Gasteiger partial charge in [-0.3, -0.25) is 4.79 Å². The second-order valence-corrected chi connectivity index (χ2v) is 7.55. The summed E-state index contributed by atoms with van der Waals surface area (Å²) in [5.74, 6) is 2.72. The Hall–Kier alpha value is -1.04. The molecule has 5 nitrogen and oxygen atoms in total. The number of hydrogen-bond acceptors (Lipinski definition) is 4. The Kier molecular flexibility index (Phi) is 4.24. The van der Waals surface area contributed by atoms with Crippen molar-refractivity contribution >= 4 is 17.7 Å². The van der Waals surface area contributed by atoms with E-state index in [1.54, 1.807) is 0 Å². The van der Waals surface area contributed by atoms with Crippen molar-refractivity contribution in [3.63, 3.8) is 0 Å². The Morgan fingerprint density at radius 2 is 2.00 bits per heavy atom. The Labute approximate surface area is 130 Å². The normalized spacial score (nSPS) is 19.8. The molecule has 0 spiro atoms. The van der Waals surface area contributed by atoms with Crippen LogP contribution in [0.5, 0.6) is 0 Å². The monoisotopic (exact) mass is 308 g/mol. The Morgan fingerprint density at radius 3 is 2.57 bits per heavy atom. The molecule has 0 aliphatic heterocycles. The molecule has 1 aromatic rings. The van der Waals surface area contributed by atoms with Crippen molar-refractivity contribution in [2.75, 3.05) is 5.75 Å². The first-order valence-electron chi connectivity index (χ1n) is 7.93. The molecule has 2 aliphatic carbocycles. The molecular formula is C15H24N4OS. The summed E-state index contributed by atoms with van der Waals surface area (Å²) in [4.78, 5) is 12.0. The van der Waals surface area contributed by atoms with Crippen LogP contribution >= 0.6 is 11.8 Å². The SMILES string of the molecule is CC(C)C(C)NC(=O)CSc1nnc(C2CC2)n1C1CC1. The van der Waals surface area contributed by atoms with Gasteiger partial charge in [0.2, 0.25) is 5.91 Å². The third-order valence-corrected chi connectivity index (χ3v) is 5.21. The molecule has 1 N–H and O–H groups in total. The van der Waals surface area contributed by atoms with Gasteiger partial charge in [-0.05, 0) is 38.5 Å². The average Bonchev–Trinajstić information content (AvgIpc) is 3.34. The summed E-state index contributed by atoms with van der Waals surface area (Å²) >= 11 is 1.52. The van der Waals surface area contributed by atoms with Crippen molar-refractivity contribution in [2.45, 2.75) is 69.6 Å². The zero-order valence-electron chi connectivity index (χ0n) is 13.0. The molecule has 0 saturated heterocycles. The second-order valence-electron chi connectivity index (χ2n) is 6.61. The molecule has 1 aromatic heterocycles. The number of aromatic nitrogens is 3. The topological polar surface area (TPSA) is 59.8 Å². The maximum absolute atomic E-state index is 12.0. The van der Waals surface area contributed by atoms with Gasteiger partial charge in [0.1, 0.15) is 5.82 Å². The maximum Gasteiger partial charge on any atom is 0.230 e. The van der Waals surface area contributed by atoms with Gasteiger partial charge in [-0.15, -0.1) is 10.2 Å². The van der Waals surface area contributed by atoms with Crippen molar-refractivity contribution in [2.24, 2.45) is 5.92 Å². The highest BCUT2D eigenvalue weighted by atomic mass is 32.2. The molecule has 2 saturated carbocycles. The number of rotatable bonds is 7. The van der Waals surface area contributed by atoms with E-state index in [1.165, 1.54) is 37.4 Å². The Bertz CT molecular complexity index is 520. The molecule has 116 valence electrons. The van der Waals surface area contributed by atoms with Crippen LogP contribution in [0.4, 0.5) is 0 Å². The first kappa shape index (κ1) is 14.9. The number of nitrogens with one attached hydrogen (secondary N) is 1. The van der Waals surface area contributed by atoms with E-state index in [-0.39, 0.29) is 11.9 Å². The van der Waals surface area contributed by atoms with E-state index in [0.717, 1.165) is 11.0 Å². The molecule has 0 bridgehead atoms. The fourth-order valence-electron chi connectivity index (χ4n) is 2.27. The van der Waals surface area contributed by atoms with Crippen molar-refractivity contribution in [3.8, 4) is 0 Å². The molecule has 0 aromatic carbocycles. The van der Waals surface area contributed by atoms with Crippen molar-refractivity contribution in [3.05, 3.63) is 5.82 Å². The van der Waals surface area contributed by atoms with Crippen LogP contribution in [0.1, 0.15) is 64.2 Å². The summed E-state index contributed by atoms with van der Waals surface area (Å²) < 4.78 is 2.29. The van der Waals surface area contributed by atoms with Gasteiger partial charge in [-0.25, -0.2) is 0 Å². The molecule has 1 atom stereocenters. The lowest BCUT2D eigenvalue weighted by Gasteiger charge is -2.17. The molecule has 21 heavy (non-hydrogen) atoms. The van der Waals surface area contributed by atoms with Gasteiger partial charge < -0.3 is 9.88 Å². The van der Waals surface area contributed by atoms with E-state index >= 15 is 0 Å². The molecule has 0 radical (unpaired) electrons. The molecule has 1 amide bonds. The lowest BCUT2D eigenvalue weighted by molar-refractivity contribution is -0.119. The maximum atomic E-state index is 12.0. The first-order valence-corrected chi connectivity index (χ1v) is 8.91. The van der Waals surface area contributed by atoms with Gasteiger partial charge in [0.15, 0.2) is 5.16 Å². The molecular weight excluding hydrogens is 284 g/mol. The number of carbonyl (C=O) groups is 1. The predicted molar refractivity (Wildman–Crippen MR) is 83.4 cm³/mol. The number of hydrogen-bond donors (Lipinski definition) is 1.